The lowest BCUT2D eigenvalue weighted by Gasteiger charge is -2.16. The Bertz CT molecular complexity index is 968. The first-order chi connectivity index (χ1) is 13.6. The molecule has 0 bridgehead atoms. The zero-order chi connectivity index (χ0) is 19.5. The predicted molar refractivity (Wildman–Crippen MR) is 93.4 cm³/mol. The molecule has 3 heterocycles. The number of amides is 2. The van der Waals surface area contributed by atoms with Crippen molar-refractivity contribution < 1.29 is 22.9 Å². The summed E-state index contributed by atoms with van der Waals surface area (Å²) in [4.78, 5) is 30.1. The molecule has 0 unspecified atom stereocenters. The summed E-state index contributed by atoms with van der Waals surface area (Å²) in [6.07, 6.45) is 3.03. The number of carbonyl (C=O) groups is 2. The number of halogens is 1. The van der Waals surface area contributed by atoms with Crippen LogP contribution in [0.25, 0.3) is 0 Å². The summed E-state index contributed by atoms with van der Waals surface area (Å²) in [6.45, 7) is 0.939. The summed E-state index contributed by atoms with van der Waals surface area (Å²) < 4.78 is 23.1. The first kappa shape index (κ1) is 17.9. The lowest BCUT2D eigenvalue weighted by Crippen LogP contribution is -2.24. The monoisotopic (exact) mass is 384 g/mol. The zero-order valence-electron chi connectivity index (χ0n) is 14.8. The maximum atomic E-state index is 13.0. The van der Waals surface area contributed by atoms with Crippen LogP contribution in [-0.4, -0.2) is 33.4 Å². The Balaban J connectivity index is 1.34. The van der Waals surface area contributed by atoms with Gasteiger partial charge in [0.15, 0.2) is 5.82 Å². The molecule has 1 atom stereocenters. The van der Waals surface area contributed by atoms with Crippen molar-refractivity contribution in [2.75, 3.05) is 6.54 Å². The van der Waals surface area contributed by atoms with Gasteiger partial charge in [-0.15, -0.1) is 0 Å². The molecule has 0 spiro atoms. The number of furan rings is 1. The van der Waals surface area contributed by atoms with E-state index in [9.17, 15) is 14.0 Å². The van der Waals surface area contributed by atoms with E-state index in [1.54, 1.807) is 23.1 Å². The highest BCUT2D eigenvalue weighted by atomic mass is 19.1. The molecule has 2 amide bonds. The third kappa shape index (κ3) is 3.93. The molecule has 9 heteroatoms. The summed E-state index contributed by atoms with van der Waals surface area (Å²) in [5.74, 6) is -0.133. The van der Waals surface area contributed by atoms with Gasteiger partial charge in [0.1, 0.15) is 12.1 Å². The molecule has 1 aliphatic heterocycles. The van der Waals surface area contributed by atoms with Gasteiger partial charge in [-0.1, -0.05) is 17.3 Å². The largest absolute Gasteiger partial charge is 0.472 e. The van der Waals surface area contributed by atoms with Crippen molar-refractivity contribution in [2.45, 2.75) is 25.4 Å². The topological polar surface area (TPSA) is 101 Å². The summed E-state index contributed by atoms with van der Waals surface area (Å²) in [5.41, 5.74) is 1.25. The number of carbonyl (C=O) groups excluding carboxylic acids is 2. The molecular formula is C19H17FN4O4. The second kappa shape index (κ2) is 7.63. The van der Waals surface area contributed by atoms with E-state index in [2.05, 4.69) is 15.5 Å². The molecule has 0 saturated carbocycles. The van der Waals surface area contributed by atoms with Gasteiger partial charge in [0.05, 0.1) is 18.4 Å². The quantitative estimate of drug-likeness (QED) is 0.699. The molecular weight excluding hydrogens is 367 g/mol. The molecule has 0 radical (unpaired) electrons. The molecule has 1 saturated heterocycles. The molecule has 1 aliphatic rings. The Kier molecular flexibility index (Phi) is 4.88. The van der Waals surface area contributed by atoms with Crippen molar-refractivity contribution in [3.05, 3.63) is 71.5 Å². The molecule has 1 aromatic carbocycles. The number of hydrogen-bond acceptors (Lipinski definition) is 6. The van der Waals surface area contributed by atoms with E-state index in [1.807, 2.05) is 0 Å². The van der Waals surface area contributed by atoms with Gasteiger partial charge in [-0.25, -0.2) is 4.39 Å². The summed E-state index contributed by atoms with van der Waals surface area (Å²) in [7, 11) is 0. The molecule has 8 nitrogen and oxygen atoms in total. The number of benzene rings is 1. The van der Waals surface area contributed by atoms with E-state index < -0.39 is 0 Å². The molecule has 2 aromatic heterocycles. The van der Waals surface area contributed by atoms with Gasteiger partial charge in [-0.3, -0.25) is 9.59 Å². The third-order valence-electron chi connectivity index (χ3n) is 4.53. The predicted octanol–water partition coefficient (Wildman–Crippen LogP) is 2.25. The Labute approximate surface area is 159 Å². The summed E-state index contributed by atoms with van der Waals surface area (Å²) >= 11 is 0. The highest BCUT2D eigenvalue weighted by Crippen LogP contribution is 2.27. The van der Waals surface area contributed by atoms with Crippen molar-refractivity contribution >= 4 is 11.8 Å². The first-order valence-corrected chi connectivity index (χ1v) is 8.73. The van der Waals surface area contributed by atoms with Gasteiger partial charge in [0.2, 0.25) is 11.8 Å². The minimum atomic E-state index is -0.312. The Morgan fingerprint density at radius 1 is 1.29 bits per heavy atom. The number of likely N-dealkylation sites (tertiary alicyclic amines) is 1. The van der Waals surface area contributed by atoms with E-state index in [1.165, 1.54) is 24.7 Å². The van der Waals surface area contributed by atoms with Crippen molar-refractivity contribution in [1.82, 2.24) is 20.4 Å². The smallest absolute Gasteiger partial charge is 0.254 e. The van der Waals surface area contributed by atoms with Gasteiger partial charge in [-0.05, 0) is 23.8 Å². The lowest BCUT2D eigenvalue weighted by atomic mass is 10.1. The van der Waals surface area contributed by atoms with Crippen LogP contribution in [0, 0.1) is 5.82 Å². The van der Waals surface area contributed by atoms with Crippen LogP contribution in [0.15, 0.2) is 51.8 Å². The van der Waals surface area contributed by atoms with Crippen LogP contribution in [0.5, 0.6) is 0 Å². The maximum Gasteiger partial charge on any atom is 0.254 e. The van der Waals surface area contributed by atoms with Crippen LogP contribution in [0.4, 0.5) is 4.39 Å². The molecule has 3 aromatic rings. The van der Waals surface area contributed by atoms with Crippen molar-refractivity contribution in [3.63, 3.8) is 0 Å². The fraction of sp³-hybridized carbons (Fsp3) is 0.263. The van der Waals surface area contributed by atoms with E-state index in [-0.39, 0.29) is 42.4 Å². The fourth-order valence-electron chi connectivity index (χ4n) is 3.07. The average molecular weight is 384 g/mol. The molecule has 144 valence electrons. The molecule has 4 rings (SSSR count). The Hall–Kier alpha value is -3.49. The van der Waals surface area contributed by atoms with Crippen molar-refractivity contribution in [1.29, 1.82) is 0 Å². The number of nitrogens with zero attached hydrogens (tertiary/aromatic N) is 3. The first-order valence-electron chi connectivity index (χ1n) is 8.73. The zero-order valence-corrected chi connectivity index (χ0v) is 14.8. The van der Waals surface area contributed by atoms with Crippen LogP contribution in [0.2, 0.25) is 0 Å². The van der Waals surface area contributed by atoms with Crippen molar-refractivity contribution in [2.24, 2.45) is 0 Å². The Morgan fingerprint density at radius 3 is 2.86 bits per heavy atom. The number of aromatic nitrogens is 2. The van der Waals surface area contributed by atoms with E-state index in [0.717, 1.165) is 5.56 Å². The van der Waals surface area contributed by atoms with Crippen LogP contribution >= 0.6 is 0 Å². The number of rotatable bonds is 6. The van der Waals surface area contributed by atoms with Gasteiger partial charge in [-0.2, -0.15) is 4.98 Å². The van der Waals surface area contributed by atoms with Gasteiger partial charge >= 0.3 is 0 Å². The fourth-order valence-corrected chi connectivity index (χ4v) is 3.07. The van der Waals surface area contributed by atoms with Crippen LogP contribution < -0.4 is 5.32 Å². The van der Waals surface area contributed by atoms with E-state index >= 15 is 0 Å². The minimum Gasteiger partial charge on any atom is -0.472 e. The van der Waals surface area contributed by atoms with E-state index in [4.69, 9.17) is 8.94 Å². The molecule has 1 fully saturated rings. The highest BCUT2D eigenvalue weighted by molar-refractivity contribution is 5.93. The summed E-state index contributed by atoms with van der Waals surface area (Å²) in [5, 5.41) is 6.60. The number of nitrogens with one attached hydrogen (secondary N) is 1. The molecule has 0 aliphatic carbocycles. The van der Waals surface area contributed by atoms with Gasteiger partial charge in [0.25, 0.3) is 5.91 Å². The second-order valence-corrected chi connectivity index (χ2v) is 6.54. The number of hydrogen-bond donors (Lipinski definition) is 1. The average Bonchev–Trinajstić information content (AvgIpc) is 3.43. The third-order valence-corrected chi connectivity index (χ3v) is 4.53. The highest BCUT2D eigenvalue weighted by Gasteiger charge is 2.33. The summed E-state index contributed by atoms with van der Waals surface area (Å²) in [6, 6.07) is 7.61. The molecule has 1 N–H and O–H groups in total. The van der Waals surface area contributed by atoms with E-state index in [0.29, 0.717) is 24.5 Å². The standard InChI is InChI=1S/C19H17FN4O4/c20-15-3-1-12(2-4-15)9-24-10-14(7-17(24)25)18-22-16(28-23-18)8-21-19(26)13-5-6-27-11-13/h1-6,11,14H,7-10H2,(H,21,26)/t14-/m0/s1. The van der Waals surface area contributed by atoms with Crippen molar-refractivity contribution in [3.8, 4) is 0 Å². The minimum absolute atomic E-state index is 0.0195. The lowest BCUT2D eigenvalue weighted by molar-refractivity contribution is -0.128. The Morgan fingerprint density at radius 2 is 2.11 bits per heavy atom. The van der Waals surface area contributed by atoms with Crippen LogP contribution in [0.1, 0.15) is 40.0 Å². The SMILES string of the molecule is O=C(NCc1nc([C@H]2CC(=O)N(Cc3ccc(F)cc3)C2)no1)c1ccoc1. The van der Waals surface area contributed by atoms with Gasteiger partial charge in [0, 0.05) is 25.4 Å². The van der Waals surface area contributed by atoms with Gasteiger partial charge < -0.3 is 19.2 Å². The molecule has 28 heavy (non-hydrogen) atoms. The van der Waals surface area contributed by atoms with Crippen LogP contribution in [-0.2, 0) is 17.9 Å². The van der Waals surface area contributed by atoms with Crippen LogP contribution in [0.3, 0.4) is 0 Å². The second-order valence-electron chi connectivity index (χ2n) is 6.54. The maximum absolute atomic E-state index is 13.0. The normalized spacial score (nSPS) is 16.5.